The lowest BCUT2D eigenvalue weighted by atomic mass is 9.99. The minimum absolute atomic E-state index is 0.0195. The Morgan fingerprint density at radius 3 is 2.42 bits per heavy atom. The maximum atomic E-state index is 12.6. The molecular weight excluding hydrogens is 456 g/mol. The number of carbonyl (C=O) groups is 2. The van der Waals surface area contributed by atoms with Crippen LogP contribution in [0, 0.1) is 12.3 Å². The zero-order valence-corrected chi connectivity index (χ0v) is 20.7. The zero-order chi connectivity index (χ0) is 25.8. The van der Waals surface area contributed by atoms with E-state index < -0.39 is 11.9 Å². The molecular formula is C28H28N4O4. The third kappa shape index (κ3) is 4.70. The van der Waals surface area contributed by atoms with Crippen LogP contribution in [0.25, 0.3) is 27.8 Å². The van der Waals surface area contributed by atoms with Crippen LogP contribution in [0.1, 0.15) is 47.6 Å². The molecule has 0 saturated carbocycles. The molecule has 0 atom stereocenters. The van der Waals surface area contributed by atoms with E-state index in [0.717, 1.165) is 52.1 Å². The fraction of sp³-hybridized carbons (Fsp3) is 0.214. The number of ether oxygens (including phenoxy) is 1. The number of carbonyl (C=O) groups excluding carboxylic acids is 2. The van der Waals surface area contributed by atoms with Crippen LogP contribution in [-0.2, 0) is 20.8 Å². The summed E-state index contributed by atoms with van der Waals surface area (Å²) in [6.45, 7) is 5.34. The van der Waals surface area contributed by atoms with Gasteiger partial charge < -0.3 is 9.57 Å². The van der Waals surface area contributed by atoms with Crippen molar-refractivity contribution in [3.63, 3.8) is 0 Å². The number of fused-ring (bicyclic) bond motifs is 1. The number of hydroxylamine groups is 1. The standard InChI is InChI=1S/C28H28N4O4/c1-5-8-24-30-25-17(2)11-16-23(28(34)35-4)26(25)32(24)20-14-12-19(13-15-20)21-9-6-7-10-22(21)27(29)31-36-18(3)33/h6-7,9-16H,5,8H2,1-4H3,(H2,29,31). The normalized spacial score (nSPS) is 10.8. The fourth-order valence-electron chi connectivity index (χ4n) is 4.22. The number of nitrogens with one attached hydrogen (secondary N) is 2. The highest BCUT2D eigenvalue weighted by Crippen LogP contribution is 2.30. The topological polar surface area (TPSA) is 106 Å². The number of nitrogens with zero attached hydrogens (tertiary/aromatic N) is 2. The average Bonchev–Trinajstić information content (AvgIpc) is 3.27. The quantitative estimate of drug-likeness (QED) is 0.170. The molecule has 4 aromatic rings. The van der Waals surface area contributed by atoms with Crippen LogP contribution in [-0.4, -0.2) is 34.4 Å². The number of hydrogen-bond donors (Lipinski definition) is 2. The average molecular weight is 485 g/mol. The molecule has 184 valence electrons. The number of amidine groups is 1. The van der Waals surface area contributed by atoms with E-state index in [9.17, 15) is 9.59 Å². The summed E-state index contributed by atoms with van der Waals surface area (Å²) < 4.78 is 7.08. The molecule has 1 heterocycles. The molecule has 0 spiro atoms. The van der Waals surface area contributed by atoms with Crippen LogP contribution >= 0.6 is 0 Å². The van der Waals surface area contributed by atoms with Gasteiger partial charge in [-0.1, -0.05) is 49.4 Å². The van der Waals surface area contributed by atoms with Crippen molar-refractivity contribution in [1.82, 2.24) is 15.0 Å². The third-order valence-electron chi connectivity index (χ3n) is 5.88. The molecule has 8 nitrogen and oxygen atoms in total. The smallest absolute Gasteiger partial charge is 0.340 e. The molecule has 0 radical (unpaired) electrons. The van der Waals surface area contributed by atoms with Gasteiger partial charge in [-0.3, -0.25) is 14.8 Å². The number of methoxy groups -OCH3 is 1. The van der Waals surface area contributed by atoms with Crippen molar-refractivity contribution in [3.05, 3.63) is 83.2 Å². The van der Waals surface area contributed by atoms with E-state index >= 15 is 0 Å². The van der Waals surface area contributed by atoms with Crippen molar-refractivity contribution in [3.8, 4) is 16.8 Å². The van der Waals surface area contributed by atoms with Gasteiger partial charge in [0.15, 0.2) is 5.84 Å². The van der Waals surface area contributed by atoms with Gasteiger partial charge in [0.05, 0.1) is 23.7 Å². The first-order chi connectivity index (χ1) is 17.3. The maximum absolute atomic E-state index is 12.6. The Hall–Kier alpha value is -4.46. The van der Waals surface area contributed by atoms with Gasteiger partial charge in [-0.25, -0.2) is 15.3 Å². The summed E-state index contributed by atoms with van der Waals surface area (Å²) in [5.74, 6) is -0.0894. The molecule has 0 aliphatic rings. The van der Waals surface area contributed by atoms with Gasteiger partial charge >= 0.3 is 11.9 Å². The number of aryl methyl sites for hydroxylation is 2. The number of benzene rings is 3. The lowest BCUT2D eigenvalue weighted by Crippen LogP contribution is -2.26. The van der Waals surface area contributed by atoms with Crippen molar-refractivity contribution in [1.29, 1.82) is 5.41 Å². The predicted molar refractivity (Wildman–Crippen MR) is 138 cm³/mol. The summed E-state index contributed by atoms with van der Waals surface area (Å²) in [6.07, 6.45) is 1.65. The lowest BCUT2D eigenvalue weighted by Gasteiger charge is -2.14. The van der Waals surface area contributed by atoms with Gasteiger partial charge in [0.1, 0.15) is 5.82 Å². The van der Waals surface area contributed by atoms with E-state index in [0.29, 0.717) is 11.1 Å². The van der Waals surface area contributed by atoms with E-state index in [2.05, 4.69) is 12.4 Å². The fourth-order valence-corrected chi connectivity index (χ4v) is 4.22. The largest absolute Gasteiger partial charge is 0.465 e. The molecule has 1 aromatic heterocycles. The van der Waals surface area contributed by atoms with Crippen LogP contribution in [0.5, 0.6) is 0 Å². The van der Waals surface area contributed by atoms with Crippen LogP contribution < -0.4 is 5.48 Å². The number of hydrogen-bond acceptors (Lipinski definition) is 6. The molecule has 3 aromatic carbocycles. The molecule has 0 fully saturated rings. The van der Waals surface area contributed by atoms with Crippen molar-refractivity contribution in [2.75, 3.05) is 7.11 Å². The predicted octanol–water partition coefficient (Wildman–Crippen LogP) is 5.13. The molecule has 0 bridgehead atoms. The SMILES string of the molecule is CCCc1nc2c(C)ccc(C(=O)OC)c2n1-c1ccc(-c2ccccc2C(=N)NOC(C)=O)cc1. The van der Waals surface area contributed by atoms with Crippen LogP contribution in [0.15, 0.2) is 60.7 Å². The van der Waals surface area contributed by atoms with Crippen molar-refractivity contribution in [2.24, 2.45) is 0 Å². The molecule has 0 aliphatic carbocycles. The highest BCUT2D eigenvalue weighted by atomic mass is 16.7. The number of imidazole rings is 1. The molecule has 0 unspecified atom stereocenters. The van der Waals surface area contributed by atoms with Crippen LogP contribution in [0.2, 0.25) is 0 Å². The highest BCUT2D eigenvalue weighted by Gasteiger charge is 2.21. The summed E-state index contributed by atoms with van der Waals surface area (Å²) in [6, 6.07) is 18.9. The van der Waals surface area contributed by atoms with Gasteiger partial charge in [-0.15, -0.1) is 0 Å². The van der Waals surface area contributed by atoms with Crippen LogP contribution in [0.4, 0.5) is 0 Å². The first kappa shape index (κ1) is 24.7. The van der Waals surface area contributed by atoms with Crippen molar-refractivity contribution in [2.45, 2.75) is 33.6 Å². The van der Waals surface area contributed by atoms with E-state index in [1.807, 2.05) is 60.0 Å². The van der Waals surface area contributed by atoms with Gasteiger partial charge in [0.25, 0.3) is 0 Å². The second kappa shape index (κ2) is 10.4. The molecule has 0 amide bonds. The van der Waals surface area contributed by atoms with E-state index in [1.165, 1.54) is 14.0 Å². The van der Waals surface area contributed by atoms with Gasteiger partial charge in [0.2, 0.25) is 0 Å². The molecule has 36 heavy (non-hydrogen) atoms. The first-order valence-corrected chi connectivity index (χ1v) is 11.7. The van der Waals surface area contributed by atoms with E-state index in [4.69, 9.17) is 20.0 Å². The molecule has 4 rings (SSSR count). The Bertz CT molecular complexity index is 1450. The Labute approximate surface area is 209 Å². The maximum Gasteiger partial charge on any atom is 0.340 e. The number of rotatable bonds is 6. The zero-order valence-electron chi connectivity index (χ0n) is 20.7. The van der Waals surface area contributed by atoms with Crippen molar-refractivity contribution < 1.29 is 19.2 Å². The Morgan fingerprint density at radius 1 is 1.03 bits per heavy atom. The lowest BCUT2D eigenvalue weighted by molar-refractivity contribution is -0.145. The number of esters is 1. The molecule has 0 saturated heterocycles. The Morgan fingerprint density at radius 2 is 1.75 bits per heavy atom. The summed E-state index contributed by atoms with van der Waals surface area (Å²) in [4.78, 5) is 33.4. The Kier molecular flexibility index (Phi) is 7.15. The minimum Gasteiger partial charge on any atom is -0.465 e. The summed E-state index contributed by atoms with van der Waals surface area (Å²) >= 11 is 0. The third-order valence-corrected chi connectivity index (χ3v) is 5.88. The molecule has 0 aliphatic heterocycles. The van der Waals surface area contributed by atoms with Crippen molar-refractivity contribution >= 4 is 28.8 Å². The van der Waals surface area contributed by atoms with Crippen LogP contribution in [0.3, 0.4) is 0 Å². The Balaban J connectivity index is 1.82. The summed E-state index contributed by atoms with van der Waals surface area (Å²) in [7, 11) is 1.38. The second-order valence-corrected chi connectivity index (χ2v) is 8.40. The monoisotopic (exact) mass is 484 g/mol. The van der Waals surface area contributed by atoms with E-state index in [-0.39, 0.29) is 5.84 Å². The van der Waals surface area contributed by atoms with Gasteiger partial charge in [0, 0.05) is 24.6 Å². The molecule has 8 heteroatoms. The summed E-state index contributed by atoms with van der Waals surface area (Å²) in [5, 5.41) is 8.29. The summed E-state index contributed by atoms with van der Waals surface area (Å²) in [5.41, 5.74) is 8.50. The first-order valence-electron chi connectivity index (χ1n) is 11.7. The number of aromatic nitrogens is 2. The van der Waals surface area contributed by atoms with E-state index in [1.54, 1.807) is 12.1 Å². The minimum atomic E-state index is -0.529. The van der Waals surface area contributed by atoms with Gasteiger partial charge in [-0.2, -0.15) is 0 Å². The second-order valence-electron chi connectivity index (χ2n) is 8.40. The molecule has 2 N–H and O–H groups in total. The highest BCUT2D eigenvalue weighted by molar-refractivity contribution is 6.04. The van der Waals surface area contributed by atoms with Gasteiger partial charge in [-0.05, 0) is 48.2 Å².